The fourth-order valence-corrected chi connectivity index (χ4v) is 2.29. The summed E-state index contributed by atoms with van der Waals surface area (Å²) in [5.74, 6) is 0.658. The lowest BCUT2D eigenvalue weighted by Crippen LogP contribution is -2.45. The molecular weight excluding hydrogens is 218 g/mol. The van der Waals surface area contributed by atoms with Crippen molar-refractivity contribution in [1.82, 2.24) is 5.32 Å². The number of carbonyl (C=O) groups excluding carboxylic acids is 1. The zero-order chi connectivity index (χ0) is 13.3. The van der Waals surface area contributed by atoms with Gasteiger partial charge in [0, 0.05) is 18.0 Å². The number of carbonyl (C=O) groups is 2. The minimum atomic E-state index is -0.250. The highest BCUT2D eigenvalue weighted by molar-refractivity contribution is 5.49. The van der Waals surface area contributed by atoms with Crippen molar-refractivity contribution in [1.29, 1.82) is 0 Å². The van der Waals surface area contributed by atoms with Gasteiger partial charge in [-0.2, -0.15) is 0 Å². The zero-order valence-corrected chi connectivity index (χ0v) is 11.1. The fraction of sp³-hybridized carbons (Fsp3) is 0.846. The Bertz CT molecular complexity index is 215. The Morgan fingerprint density at radius 3 is 2.00 bits per heavy atom. The Hall–Kier alpha value is -0.900. The van der Waals surface area contributed by atoms with E-state index in [9.17, 15) is 4.79 Å². The van der Waals surface area contributed by atoms with Crippen LogP contribution in [-0.4, -0.2) is 29.4 Å². The van der Waals surface area contributed by atoms with Crippen molar-refractivity contribution < 1.29 is 14.7 Å². The Balaban J connectivity index is 0.000000770. The van der Waals surface area contributed by atoms with E-state index in [2.05, 4.69) is 26.1 Å². The van der Waals surface area contributed by atoms with Crippen LogP contribution in [0.15, 0.2) is 0 Å². The molecule has 0 amide bonds. The first-order valence-electron chi connectivity index (χ1n) is 6.22. The monoisotopic (exact) mass is 243 g/mol. The van der Waals surface area contributed by atoms with E-state index < -0.39 is 0 Å². The summed E-state index contributed by atoms with van der Waals surface area (Å²) in [5, 5.41) is 10.5. The van der Waals surface area contributed by atoms with Gasteiger partial charge in [0.05, 0.1) is 0 Å². The highest BCUT2D eigenvalue weighted by Gasteiger charge is 2.23. The van der Waals surface area contributed by atoms with Gasteiger partial charge in [-0.1, -0.05) is 0 Å². The molecule has 1 aliphatic rings. The second kappa shape index (κ2) is 8.23. The Morgan fingerprint density at radius 2 is 1.65 bits per heavy atom. The number of rotatable bonds is 3. The lowest BCUT2D eigenvalue weighted by molar-refractivity contribution is -0.122. The van der Waals surface area contributed by atoms with E-state index >= 15 is 0 Å². The molecule has 1 fully saturated rings. The standard InChI is InChI=1S/C12H23NO.CH2O2/c1-12(2,3)13-11-6-4-10(5-7-11)8-9-14;2-1-3/h9-11,13H,4-8H2,1-3H3;1H,(H,2,3)/t10-,11-;. The normalized spacial score (nSPS) is 24.4. The quantitative estimate of drug-likeness (QED) is 0.746. The van der Waals surface area contributed by atoms with Crippen LogP contribution in [0.2, 0.25) is 0 Å². The largest absolute Gasteiger partial charge is 0.483 e. The molecule has 1 rings (SSSR count). The Kier molecular flexibility index (Phi) is 7.79. The molecule has 0 spiro atoms. The van der Waals surface area contributed by atoms with Gasteiger partial charge in [-0.05, 0) is 52.4 Å². The highest BCUT2D eigenvalue weighted by Crippen LogP contribution is 2.27. The molecule has 0 aliphatic heterocycles. The molecule has 2 N–H and O–H groups in total. The maximum absolute atomic E-state index is 10.4. The van der Waals surface area contributed by atoms with Gasteiger partial charge in [0.2, 0.25) is 0 Å². The van der Waals surface area contributed by atoms with Crippen LogP contribution in [0.25, 0.3) is 0 Å². The number of hydrogen-bond acceptors (Lipinski definition) is 3. The van der Waals surface area contributed by atoms with E-state index in [0.29, 0.717) is 12.0 Å². The number of aldehydes is 1. The third kappa shape index (κ3) is 8.86. The van der Waals surface area contributed by atoms with Crippen molar-refractivity contribution >= 4 is 12.8 Å². The molecule has 1 saturated carbocycles. The molecule has 4 nitrogen and oxygen atoms in total. The molecule has 0 unspecified atom stereocenters. The third-order valence-corrected chi connectivity index (χ3v) is 2.91. The van der Waals surface area contributed by atoms with Gasteiger partial charge in [-0.25, -0.2) is 0 Å². The second-order valence-corrected chi connectivity index (χ2v) is 5.62. The average molecular weight is 243 g/mol. The van der Waals surface area contributed by atoms with Crippen molar-refractivity contribution in [2.75, 3.05) is 0 Å². The smallest absolute Gasteiger partial charge is 0.290 e. The van der Waals surface area contributed by atoms with Gasteiger partial charge < -0.3 is 15.2 Å². The summed E-state index contributed by atoms with van der Waals surface area (Å²) in [6, 6.07) is 0.665. The van der Waals surface area contributed by atoms with Gasteiger partial charge in [-0.15, -0.1) is 0 Å². The van der Waals surface area contributed by atoms with E-state index in [1.807, 2.05) is 0 Å². The molecular formula is C13H25NO3. The van der Waals surface area contributed by atoms with Crippen LogP contribution in [0.5, 0.6) is 0 Å². The van der Waals surface area contributed by atoms with Crippen LogP contribution >= 0.6 is 0 Å². The molecule has 1 aliphatic carbocycles. The molecule has 0 heterocycles. The molecule has 17 heavy (non-hydrogen) atoms. The van der Waals surface area contributed by atoms with Gasteiger partial charge in [-0.3, -0.25) is 4.79 Å². The molecule has 4 heteroatoms. The van der Waals surface area contributed by atoms with Crippen LogP contribution in [0.3, 0.4) is 0 Å². The van der Waals surface area contributed by atoms with E-state index in [-0.39, 0.29) is 12.0 Å². The maximum Gasteiger partial charge on any atom is 0.290 e. The number of hydrogen-bond donors (Lipinski definition) is 2. The summed E-state index contributed by atoms with van der Waals surface area (Å²) >= 11 is 0. The van der Waals surface area contributed by atoms with Crippen molar-refractivity contribution in [3.05, 3.63) is 0 Å². The van der Waals surface area contributed by atoms with Crippen molar-refractivity contribution in [3.63, 3.8) is 0 Å². The van der Waals surface area contributed by atoms with E-state index in [1.54, 1.807) is 0 Å². The number of carboxylic acid groups (broad SMARTS) is 1. The van der Waals surface area contributed by atoms with Gasteiger partial charge in [0.25, 0.3) is 6.47 Å². The van der Waals surface area contributed by atoms with Gasteiger partial charge in [0.15, 0.2) is 0 Å². The molecule has 0 bridgehead atoms. The van der Waals surface area contributed by atoms with E-state index in [4.69, 9.17) is 9.90 Å². The number of nitrogens with one attached hydrogen (secondary N) is 1. The van der Waals surface area contributed by atoms with Crippen LogP contribution in [0.1, 0.15) is 52.9 Å². The lowest BCUT2D eigenvalue weighted by atomic mass is 9.83. The molecule has 0 aromatic rings. The van der Waals surface area contributed by atoms with Crippen LogP contribution in [-0.2, 0) is 9.59 Å². The highest BCUT2D eigenvalue weighted by atomic mass is 16.3. The predicted molar refractivity (Wildman–Crippen MR) is 68.0 cm³/mol. The molecule has 0 radical (unpaired) electrons. The minimum absolute atomic E-state index is 0.224. The first kappa shape index (κ1) is 16.1. The summed E-state index contributed by atoms with van der Waals surface area (Å²) in [7, 11) is 0. The van der Waals surface area contributed by atoms with Crippen molar-refractivity contribution in [2.24, 2.45) is 5.92 Å². The Labute approximate surface area is 104 Å². The van der Waals surface area contributed by atoms with Crippen LogP contribution in [0, 0.1) is 5.92 Å². The topological polar surface area (TPSA) is 66.4 Å². The summed E-state index contributed by atoms with van der Waals surface area (Å²) in [4.78, 5) is 18.7. The van der Waals surface area contributed by atoms with Crippen molar-refractivity contribution in [3.8, 4) is 0 Å². The van der Waals surface area contributed by atoms with Gasteiger partial charge in [0.1, 0.15) is 6.29 Å². The van der Waals surface area contributed by atoms with Crippen LogP contribution in [0.4, 0.5) is 0 Å². The summed E-state index contributed by atoms with van der Waals surface area (Å²) in [5.41, 5.74) is 0.224. The van der Waals surface area contributed by atoms with E-state index in [1.165, 1.54) is 25.7 Å². The second-order valence-electron chi connectivity index (χ2n) is 5.62. The fourth-order valence-electron chi connectivity index (χ4n) is 2.29. The van der Waals surface area contributed by atoms with Crippen LogP contribution < -0.4 is 5.32 Å². The summed E-state index contributed by atoms with van der Waals surface area (Å²) in [6.07, 6.45) is 6.73. The molecule has 0 aromatic heterocycles. The first-order chi connectivity index (χ1) is 7.92. The van der Waals surface area contributed by atoms with Crippen molar-refractivity contribution in [2.45, 2.75) is 64.5 Å². The maximum atomic E-state index is 10.4. The molecule has 0 saturated heterocycles. The van der Waals surface area contributed by atoms with Gasteiger partial charge >= 0.3 is 0 Å². The summed E-state index contributed by atoms with van der Waals surface area (Å²) < 4.78 is 0. The molecule has 100 valence electrons. The lowest BCUT2D eigenvalue weighted by Gasteiger charge is -2.33. The molecule has 0 atom stereocenters. The molecule has 0 aromatic carbocycles. The average Bonchev–Trinajstić information content (AvgIpc) is 2.20. The SMILES string of the molecule is CC(C)(C)N[C@H]1CC[C@H](CC=O)CC1.O=CO. The Morgan fingerprint density at radius 1 is 1.18 bits per heavy atom. The third-order valence-electron chi connectivity index (χ3n) is 2.91. The first-order valence-corrected chi connectivity index (χ1v) is 6.22. The van der Waals surface area contributed by atoms with E-state index in [0.717, 1.165) is 12.7 Å². The minimum Gasteiger partial charge on any atom is -0.483 e. The zero-order valence-electron chi connectivity index (χ0n) is 11.1. The predicted octanol–water partition coefficient (Wildman–Crippen LogP) is 2.22. The summed E-state index contributed by atoms with van der Waals surface area (Å²) in [6.45, 7) is 6.39.